The number of rotatable bonds is 4. The lowest BCUT2D eigenvalue weighted by Gasteiger charge is -2.05. The first-order valence-electron chi connectivity index (χ1n) is 5.67. The monoisotopic (exact) mass is 258 g/mol. The number of hydrogen-bond donors (Lipinski definition) is 3. The molecule has 0 aliphatic rings. The Labute approximate surface area is 110 Å². The van der Waals surface area contributed by atoms with Gasteiger partial charge >= 0.3 is 7.12 Å². The zero-order valence-electron chi connectivity index (χ0n) is 9.99. The van der Waals surface area contributed by atoms with E-state index in [0.717, 1.165) is 5.69 Å². The summed E-state index contributed by atoms with van der Waals surface area (Å²) in [6.45, 7) is 0. The molecular formula is C13H12BFN2O2. The zero-order chi connectivity index (χ0) is 13.7. The summed E-state index contributed by atoms with van der Waals surface area (Å²) < 4.78 is 13.6. The topological polar surface area (TPSA) is 64.8 Å². The Morgan fingerprint density at radius 2 is 1.79 bits per heavy atom. The van der Waals surface area contributed by atoms with Gasteiger partial charge in [0.1, 0.15) is 5.82 Å². The molecule has 19 heavy (non-hydrogen) atoms. The third-order valence-electron chi connectivity index (χ3n) is 2.53. The lowest BCUT2D eigenvalue weighted by Crippen LogP contribution is -2.33. The number of anilines is 1. The van der Waals surface area contributed by atoms with Crippen LogP contribution < -0.4 is 10.9 Å². The maximum atomic E-state index is 13.6. The van der Waals surface area contributed by atoms with Crippen molar-refractivity contribution in [3.8, 4) is 0 Å². The molecule has 0 atom stereocenters. The Morgan fingerprint density at radius 1 is 1.05 bits per heavy atom. The van der Waals surface area contributed by atoms with Crippen LogP contribution in [-0.2, 0) is 0 Å². The van der Waals surface area contributed by atoms with E-state index < -0.39 is 12.9 Å². The number of hydrogen-bond acceptors (Lipinski definition) is 4. The third-order valence-corrected chi connectivity index (χ3v) is 2.53. The van der Waals surface area contributed by atoms with Crippen molar-refractivity contribution in [3.05, 3.63) is 59.9 Å². The fraction of sp³-hybridized carbons (Fsp3) is 0. The summed E-state index contributed by atoms with van der Waals surface area (Å²) in [6.07, 6.45) is 1.22. The Balaban J connectivity index is 2.19. The zero-order valence-corrected chi connectivity index (χ0v) is 9.99. The van der Waals surface area contributed by atoms with E-state index in [4.69, 9.17) is 10.0 Å². The van der Waals surface area contributed by atoms with Gasteiger partial charge in [-0.05, 0) is 23.7 Å². The van der Waals surface area contributed by atoms with E-state index in [1.54, 1.807) is 12.1 Å². The van der Waals surface area contributed by atoms with Crippen molar-refractivity contribution < 1.29 is 14.4 Å². The van der Waals surface area contributed by atoms with Crippen molar-refractivity contribution in [2.24, 2.45) is 5.10 Å². The van der Waals surface area contributed by atoms with Gasteiger partial charge in [0.15, 0.2) is 0 Å². The van der Waals surface area contributed by atoms with Crippen LogP contribution >= 0.6 is 0 Å². The van der Waals surface area contributed by atoms with Crippen molar-refractivity contribution in [1.82, 2.24) is 0 Å². The first kappa shape index (κ1) is 13.3. The van der Waals surface area contributed by atoms with Crippen LogP contribution in [0.3, 0.4) is 0 Å². The highest BCUT2D eigenvalue weighted by atomic mass is 19.1. The predicted molar refractivity (Wildman–Crippen MR) is 73.9 cm³/mol. The summed E-state index contributed by atoms with van der Waals surface area (Å²) in [4.78, 5) is 0. The normalized spacial score (nSPS) is 10.7. The number of nitrogens with zero attached hydrogens (tertiary/aromatic N) is 1. The molecule has 0 heterocycles. The van der Waals surface area contributed by atoms with Crippen LogP contribution in [0.25, 0.3) is 0 Å². The van der Waals surface area contributed by atoms with Gasteiger partial charge in [-0.1, -0.05) is 30.3 Å². The second kappa shape index (κ2) is 6.13. The summed E-state index contributed by atoms with van der Waals surface area (Å²) in [5.41, 5.74) is 3.59. The van der Waals surface area contributed by atoms with Crippen molar-refractivity contribution in [1.29, 1.82) is 0 Å². The van der Waals surface area contributed by atoms with Crippen LogP contribution in [0.15, 0.2) is 53.6 Å². The number of hydrazone groups is 1. The molecule has 0 saturated carbocycles. The van der Waals surface area contributed by atoms with Crippen LogP contribution in [-0.4, -0.2) is 23.4 Å². The van der Waals surface area contributed by atoms with Crippen LogP contribution in [0.2, 0.25) is 0 Å². The SMILES string of the molecule is OB(O)c1cccc(F)c1C=NNc1ccccc1. The minimum atomic E-state index is -1.74. The standard InChI is InChI=1S/C13H12BFN2O2/c15-13-8-4-7-12(14(18)19)11(13)9-16-17-10-5-2-1-3-6-10/h1-9,17-19H. The molecule has 0 radical (unpaired) electrons. The Hall–Kier alpha value is -2.18. The van der Waals surface area contributed by atoms with E-state index in [0.29, 0.717) is 0 Å². The van der Waals surface area contributed by atoms with Gasteiger partial charge in [0, 0.05) is 5.56 Å². The van der Waals surface area contributed by atoms with Crippen molar-refractivity contribution in [2.45, 2.75) is 0 Å². The molecule has 3 N–H and O–H groups in total. The van der Waals surface area contributed by atoms with Gasteiger partial charge in [-0.15, -0.1) is 0 Å². The molecule has 0 amide bonds. The van der Waals surface area contributed by atoms with Crippen LogP contribution in [0, 0.1) is 5.82 Å². The molecule has 0 aromatic heterocycles. The third kappa shape index (κ3) is 3.40. The molecule has 4 nitrogen and oxygen atoms in total. The number of nitrogens with one attached hydrogen (secondary N) is 1. The molecular weight excluding hydrogens is 246 g/mol. The summed E-state index contributed by atoms with van der Waals surface area (Å²) in [6, 6.07) is 13.2. The summed E-state index contributed by atoms with van der Waals surface area (Å²) in [5.74, 6) is -0.566. The molecule has 0 spiro atoms. The quantitative estimate of drug-likeness (QED) is 0.434. The van der Waals surface area contributed by atoms with Crippen LogP contribution in [0.5, 0.6) is 0 Å². The van der Waals surface area contributed by atoms with Gasteiger partial charge in [-0.3, -0.25) is 5.43 Å². The van der Waals surface area contributed by atoms with E-state index in [-0.39, 0.29) is 11.0 Å². The minimum Gasteiger partial charge on any atom is -0.423 e. The Bertz CT molecular complexity index is 576. The molecule has 0 unspecified atom stereocenters. The fourth-order valence-corrected chi connectivity index (χ4v) is 1.60. The smallest absolute Gasteiger partial charge is 0.423 e. The maximum Gasteiger partial charge on any atom is 0.489 e. The molecule has 2 rings (SSSR count). The molecule has 6 heteroatoms. The molecule has 0 aliphatic heterocycles. The highest BCUT2D eigenvalue weighted by Gasteiger charge is 2.17. The number of halogens is 1. The Kier molecular flexibility index (Phi) is 4.28. The van der Waals surface area contributed by atoms with E-state index in [1.807, 2.05) is 18.2 Å². The number of para-hydroxylation sites is 1. The molecule has 0 aliphatic carbocycles. The van der Waals surface area contributed by atoms with Crippen molar-refractivity contribution in [2.75, 3.05) is 5.43 Å². The summed E-state index contributed by atoms with van der Waals surface area (Å²) >= 11 is 0. The summed E-state index contributed by atoms with van der Waals surface area (Å²) in [7, 11) is -1.74. The highest BCUT2D eigenvalue weighted by molar-refractivity contribution is 6.60. The first-order valence-corrected chi connectivity index (χ1v) is 5.67. The molecule has 96 valence electrons. The molecule has 0 bridgehead atoms. The van der Waals surface area contributed by atoms with Gasteiger partial charge in [0.2, 0.25) is 0 Å². The van der Waals surface area contributed by atoms with Crippen molar-refractivity contribution >= 4 is 24.5 Å². The Morgan fingerprint density at radius 3 is 2.47 bits per heavy atom. The minimum absolute atomic E-state index is 0.0425. The first-order chi connectivity index (χ1) is 9.18. The second-order valence-corrected chi connectivity index (χ2v) is 3.85. The molecule has 2 aromatic rings. The largest absolute Gasteiger partial charge is 0.489 e. The van der Waals surface area contributed by atoms with Gasteiger partial charge in [0.25, 0.3) is 0 Å². The molecule has 2 aromatic carbocycles. The lowest BCUT2D eigenvalue weighted by molar-refractivity contribution is 0.425. The average Bonchev–Trinajstić information content (AvgIpc) is 2.41. The number of benzene rings is 2. The van der Waals surface area contributed by atoms with Gasteiger partial charge in [0.05, 0.1) is 11.9 Å². The van der Waals surface area contributed by atoms with Crippen molar-refractivity contribution in [3.63, 3.8) is 0 Å². The van der Waals surface area contributed by atoms with Gasteiger partial charge in [-0.25, -0.2) is 4.39 Å². The van der Waals surface area contributed by atoms with E-state index in [2.05, 4.69) is 10.5 Å². The molecule has 0 saturated heterocycles. The van der Waals surface area contributed by atoms with E-state index in [9.17, 15) is 4.39 Å². The molecule has 0 fully saturated rings. The summed E-state index contributed by atoms with van der Waals surface area (Å²) in [5, 5.41) is 22.2. The average molecular weight is 258 g/mol. The maximum absolute atomic E-state index is 13.6. The van der Waals surface area contributed by atoms with E-state index in [1.165, 1.54) is 24.4 Å². The lowest BCUT2D eigenvalue weighted by atomic mass is 9.77. The van der Waals surface area contributed by atoms with Crippen LogP contribution in [0.4, 0.5) is 10.1 Å². The van der Waals surface area contributed by atoms with Gasteiger partial charge in [-0.2, -0.15) is 5.10 Å². The van der Waals surface area contributed by atoms with E-state index >= 15 is 0 Å². The highest BCUT2D eigenvalue weighted by Crippen LogP contribution is 2.06. The fourth-order valence-electron chi connectivity index (χ4n) is 1.60. The van der Waals surface area contributed by atoms with Crippen LogP contribution in [0.1, 0.15) is 5.56 Å². The predicted octanol–water partition coefficient (Wildman–Crippen LogP) is 0.951. The van der Waals surface area contributed by atoms with Gasteiger partial charge < -0.3 is 10.0 Å². The second-order valence-electron chi connectivity index (χ2n) is 3.85.